The Morgan fingerprint density at radius 1 is 1.17 bits per heavy atom. The zero-order chi connectivity index (χ0) is 16.9. The van der Waals surface area contributed by atoms with Crippen molar-refractivity contribution in [3.63, 3.8) is 0 Å². The number of fused-ring (bicyclic) bond motifs is 1. The number of hydrogen-bond acceptors (Lipinski definition) is 5. The van der Waals surface area contributed by atoms with Crippen molar-refractivity contribution >= 4 is 34.3 Å². The second-order valence-corrected chi connectivity index (χ2v) is 5.39. The average molecular weight is 339 g/mol. The van der Waals surface area contributed by atoms with Crippen molar-refractivity contribution in [1.29, 1.82) is 0 Å². The van der Waals surface area contributed by atoms with Gasteiger partial charge in [0.1, 0.15) is 17.1 Å². The second-order valence-electron chi connectivity index (χ2n) is 4.98. The van der Waals surface area contributed by atoms with Gasteiger partial charge in [-0.3, -0.25) is 4.98 Å². The van der Waals surface area contributed by atoms with Crippen molar-refractivity contribution < 1.29 is 4.74 Å². The molecule has 2 aromatic heterocycles. The number of nitrogens with one attached hydrogen (secondary N) is 2. The minimum absolute atomic E-state index is 0.526. The number of rotatable bonds is 4. The van der Waals surface area contributed by atoms with Gasteiger partial charge in [0.2, 0.25) is 0 Å². The molecule has 0 unspecified atom stereocenters. The summed E-state index contributed by atoms with van der Waals surface area (Å²) in [4.78, 5) is 13.5. The van der Waals surface area contributed by atoms with E-state index in [1.54, 1.807) is 13.3 Å². The maximum atomic E-state index is 5.39. The van der Waals surface area contributed by atoms with E-state index in [2.05, 4.69) is 25.6 Å². The van der Waals surface area contributed by atoms with Gasteiger partial charge < -0.3 is 15.4 Å². The number of hydrogen-bond donors (Lipinski definition) is 2. The number of pyridine rings is 1. The number of anilines is 1. The maximum absolute atomic E-state index is 5.39. The van der Waals surface area contributed by atoms with E-state index in [1.165, 1.54) is 0 Å². The van der Waals surface area contributed by atoms with E-state index in [9.17, 15) is 0 Å². The fourth-order valence-electron chi connectivity index (χ4n) is 2.27. The van der Waals surface area contributed by atoms with Crippen LogP contribution in [0.15, 0.2) is 42.6 Å². The van der Waals surface area contributed by atoms with Crippen molar-refractivity contribution in [2.45, 2.75) is 6.92 Å². The predicted molar refractivity (Wildman–Crippen MR) is 99.2 cm³/mol. The summed E-state index contributed by atoms with van der Waals surface area (Å²) in [6, 6.07) is 11.4. The van der Waals surface area contributed by atoms with Crippen LogP contribution >= 0.6 is 12.2 Å². The zero-order valence-corrected chi connectivity index (χ0v) is 14.2. The van der Waals surface area contributed by atoms with Crippen LogP contribution in [-0.4, -0.2) is 33.7 Å². The number of nitrogens with zero attached hydrogens (tertiary/aromatic N) is 3. The Labute approximate surface area is 145 Å². The highest BCUT2D eigenvalue weighted by Gasteiger charge is 2.09. The molecule has 0 fully saturated rings. The lowest BCUT2D eigenvalue weighted by Gasteiger charge is -2.10. The number of aromatic nitrogens is 3. The third-order valence-corrected chi connectivity index (χ3v) is 3.62. The maximum Gasteiger partial charge on any atom is 0.180 e. The lowest BCUT2D eigenvalue weighted by Crippen LogP contribution is -2.28. The van der Waals surface area contributed by atoms with Gasteiger partial charge in [-0.15, -0.1) is 0 Å². The third-order valence-electron chi connectivity index (χ3n) is 3.37. The summed E-state index contributed by atoms with van der Waals surface area (Å²) in [5.74, 6) is 1.37. The van der Waals surface area contributed by atoms with Gasteiger partial charge in [-0.2, -0.15) is 0 Å². The van der Waals surface area contributed by atoms with Gasteiger partial charge in [0.15, 0.2) is 10.8 Å². The Kier molecular flexibility index (Phi) is 4.81. The smallest absolute Gasteiger partial charge is 0.180 e. The molecule has 0 atom stereocenters. The van der Waals surface area contributed by atoms with Gasteiger partial charge >= 0.3 is 0 Å². The fourth-order valence-corrected chi connectivity index (χ4v) is 2.52. The summed E-state index contributed by atoms with van der Waals surface area (Å²) in [5, 5.41) is 6.58. The first-order valence-electron chi connectivity index (χ1n) is 7.53. The average Bonchev–Trinajstić information content (AvgIpc) is 2.61. The molecule has 2 heterocycles. The van der Waals surface area contributed by atoms with E-state index in [0.29, 0.717) is 27.8 Å². The third kappa shape index (κ3) is 3.41. The van der Waals surface area contributed by atoms with Crippen molar-refractivity contribution in [3.8, 4) is 17.0 Å². The highest BCUT2D eigenvalue weighted by molar-refractivity contribution is 7.80. The van der Waals surface area contributed by atoms with Gasteiger partial charge in [-0.25, -0.2) is 9.97 Å². The van der Waals surface area contributed by atoms with E-state index < -0.39 is 0 Å². The Bertz CT molecular complexity index is 884. The van der Waals surface area contributed by atoms with Crippen molar-refractivity contribution in [3.05, 3.63) is 42.6 Å². The number of methoxy groups -OCH3 is 1. The number of benzene rings is 1. The first-order valence-corrected chi connectivity index (χ1v) is 7.94. The molecule has 0 radical (unpaired) electrons. The minimum Gasteiger partial charge on any atom is -0.496 e. The molecular formula is C17H17N5OS. The molecule has 3 aromatic rings. The van der Waals surface area contributed by atoms with Crippen LogP contribution in [0.3, 0.4) is 0 Å². The van der Waals surface area contributed by atoms with Crippen molar-refractivity contribution in [2.75, 3.05) is 19.0 Å². The summed E-state index contributed by atoms with van der Waals surface area (Å²) in [5.41, 5.74) is 2.84. The highest BCUT2D eigenvalue weighted by Crippen LogP contribution is 2.28. The van der Waals surface area contributed by atoms with Crippen molar-refractivity contribution in [2.24, 2.45) is 0 Å². The molecule has 6 nitrogen and oxygen atoms in total. The molecule has 0 aliphatic carbocycles. The number of thiocarbonyl (C=S) groups is 1. The Morgan fingerprint density at radius 3 is 2.79 bits per heavy atom. The molecule has 0 aliphatic rings. The lowest BCUT2D eigenvalue weighted by atomic mass is 10.1. The van der Waals surface area contributed by atoms with Crippen LogP contribution < -0.4 is 15.4 Å². The molecule has 3 rings (SSSR count). The normalized spacial score (nSPS) is 10.4. The summed E-state index contributed by atoms with van der Waals surface area (Å²) < 4.78 is 5.39. The molecular weight excluding hydrogens is 322 g/mol. The molecule has 24 heavy (non-hydrogen) atoms. The SMILES string of the molecule is CCNC(=S)Nc1ccc2ncc(-c3ccccc3OC)nc2n1. The van der Waals surface area contributed by atoms with Crippen LogP contribution in [0.5, 0.6) is 5.75 Å². The molecule has 0 amide bonds. The number of ether oxygens (including phenoxy) is 1. The highest BCUT2D eigenvalue weighted by atomic mass is 32.1. The van der Waals surface area contributed by atoms with Gasteiger partial charge in [0.05, 0.1) is 19.0 Å². The van der Waals surface area contributed by atoms with Crippen LogP contribution in [0.2, 0.25) is 0 Å². The molecule has 7 heteroatoms. The van der Waals surface area contributed by atoms with E-state index in [1.807, 2.05) is 43.3 Å². The Hall–Kier alpha value is -2.80. The standard InChI is InChI=1S/C17H17N5OS/c1-3-18-17(24)22-15-9-8-12-16(21-15)20-13(10-19-12)11-6-4-5-7-14(11)23-2/h4-10H,3H2,1-2H3,(H2,18,20,21,22,24). The van der Waals surface area contributed by atoms with E-state index in [0.717, 1.165) is 17.9 Å². The first kappa shape index (κ1) is 16.1. The summed E-state index contributed by atoms with van der Waals surface area (Å²) in [7, 11) is 1.63. The monoisotopic (exact) mass is 339 g/mol. The largest absolute Gasteiger partial charge is 0.496 e. The summed E-state index contributed by atoms with van der Waals surface area (Å²) in [6.45, 7) is 2.73. The van der Waals surface area contributed by atoms with Crippen LogP contribution in [0.4, 0.5) is 5.82 Å². The van der Waals surface area contributed by atoms with Gasteiger partial charge in [-0.1, -0.05) is 12.1 Å². The van der Waals surface area contributed by atoms with Crippen molar-refractivity contribution in [1.82, 2.24) is 20.3 Å². The molecule has 0 bridgehead atoms. The topological polar surface area (TPSA) is 72.0 Å². The fraction of sp³-hybridized carbons (Fsp3) is 0.176. The Balaban J connectivity index is 1.98. The molecule has 1 aromatic carbocycles. The van der Waals surface area contributed by atoms with E-state index in [-0.39, 0.29) is 0 Å². The number of para-hydroxylation sites is 1. The molecule has 0 aliphatic heterocycles. The van der Waals surface area contributed by atoms with Crippen LogP contribution in [0, 0.1) is 0 Å². The lowest BCUT2D eigenvalue weighted by molar-refractivity contribution is 0.416. The molecule has 0 saturated heterocycles. The summed E-state index contributed by atoms with van der Waals surface area (Å²) >= 11 is 5.18. The molecule has 122 valence electrons. The minimum atomic E-state index is 0.526. The molecule has 0 saturated carbocycles. The van der Waals surface area contributed by atoms with Crippen LogP contribution in [0.1, 0.15) is 6.92 Å². The van der Waals surface area contributed by atoms with E-state index >= 15 is 0 Å². The van der Waals surface area contributed by atoms with E-state index in [4.69, 9.17) is 17.0 Å². The van der Waals surface area contributed by atoms with Gasteiger partial charge in [0, 0.05) is 12.1 Å². The predicted octanol–water partition coefficient (Wildman–Crippen LogP) is 3.01. The zero-order valence-electron chi connectivity index (χ0n) is 13.4. The van der Waals surface area contributed by atoms with Gasteiger partial charge in [-0.05, 0) is 43.4 Å². The first-order chi connectivity index (χ1) is 11.7. The van der Waals surface area contributed by atoms with Crippen LogP contribution in [0.25, 0.3) is 22.4 Å². The Morgan fingerprint density at radius 2 is 2.00 bits per heavy atom. The second kappa shape index (κ2) is 7.18. The molecule has 0 spiro atoms. The summed E-state index contributed by atoms with van der Waals surface area (Å²) in [6.07, 6.45) is 1.72. The quantitative estimate of drug-likeness (QED) is 0.708. The van der Waals surface area contributed by atoms with Crippen LogP contribution in [-0.2, 0) is 0 Å². The molecule has 2 N–H and O–H groups in total. The van der Waals surface area contributed by atoms with Gasteiger partial charge in [0.25, 0.3) is 0 Å².